The largest absolute Gasteiger partial charge is 0.490 e. The van der Waals surface area contributed by atoms with E-state index in [0.717, 1.165) is 19.4 Å². The SMILES string of the molecule is Clc1ccccc1OCCO[C@H]1CCCCO1. The first-order chi connectivity index (χ1) is 8.36. The minimum Gasteiger partial charge on any atom is -0.490 e. The van der Waals surface area contributed by atoms with Crippen LogP contribution in [-0.2, 0) is 9.47 Å². The Kier molecular flexibility index (Phi) is 5.10. The molecule has 3 nitrogen and oxygen atoms in total. The number of rotatable bonds is 5. The molecule has 17 heavy (non-hydrogen) atoms. The standard InChI is InChI=1S/C13H17ClO3/c14-11-5-1-2-6-12(11)15-9-10-17-13-7-3-4-8-16-13/h1-2,5-6,13H,3-4,7-10H2/t13-/m0/s1. The molecule has 1 aliphatic rings. The second-order valence-corrected chi connectivity index (χ2v) is 4.35. The van der Waals surface area contributed by atoms with Crippen molar-refractivity contribution in [1.29, 1.82) is 0 Å². The van der Waals surface area contributed by atoms with Crippen molar-refractivity contribution < 1.29 is 14.2 Å². The first-order valence-corrected chi connectivity index (χ1v) is 6.34. The van der Waals surface area contributed by atoms with Gasteiger partial charge in [0, 0.05) is 6.61 Å². The van der Waals surface area contributed by atoms with Crippen molar-refractivity contribution in [2.24, 2.45) is 0 Å². The molecule has 94 valence electrons. The van der Waals surface area contributed by atoms with Gasteiger partial charge in [-0.2, -0.15) is 0 Å². The molecule has 4 heteroatoms. The summed E-state index contributed by atoms with van der Waals surface area (Å²) in [6.07, 6.45) is 3.23. The summed E-state index contributed by atoms with van der Waals surface area (Å²) in [6.45, 7) is 1.82. The van der Waals surface area contributed by atoms with Gasteiger partial charge in [-0.25, -0.2) is 0 Å². The Morgan fingerprint density at radius 2 is 2.12 bits per heavy atom. The quantitative estimate of drug-likeness (QED) is 0.757. The Balaban J connectivity index is 1.64. The van der Waals surface area contributed by atoms with E-state index in [1.54, 1.807) is 0 Å². The van der Waals surface area contributed by atoms with Gasteiger partial charge in [-0.3, -0.25) is 0 Å². The summed E-state index contributed by atoms with van der Waals surface area (Å²) < 4.78 is 16.5. The van der Waals surface area contributed by atoms with E-state index in [9.17, 15) is 0 Å². The Bertz CT molecular complexity index is 337. The molecular weight excluding hydrogens is 240 g/mol. The minimum atomic E-state index is -0.0569. The summed E-state index contributed by atoms with van der Waals surface area (Å²) >= 11 is 5.96. The van der Waals surface area contributed by atoms with Gasteiger partial charge in [0.2, 0.25) is 0 Å². The maximum atomic E-state index is 5.96. The molecule has 0 aromatic heterocycles. The van der Waals surface area contributed by atoms with E-state index in [1.165, 1.54) is 6.42 Å². The maximum absolute atomic E-state index is 5.96. The van der Waals surface area contributed by atoms with Crippen molar-refractivity contribution in [3.8, 4) is 5.75 Å². The molecule has 1 atom stereocenters. The predicted octanol–water partition coefficient (Wildman–Crippen LogP) is 3.26. The lowest BCUT2D eigenvalue weighted by atomic mass is 10.2. The molecule has 1 aliphatic heterocycles. The van der Waals surface area contributed by atoms with Gasteiger partial charge in [0.05, 0.1) is 11.6 Å². The summed E-state index contributed by atoms with van der Waals surface area (Å²) in [5.74, 6) is 0.697. The third-order valence-corrected chi connectivity index (χ3v) is 2.93. The molecule has 1 saturated heterocycles. The van der Waals surface area contributed by atoms with Gasteiger partial charge >= 0.3 is 0 Å². The fourth-order valence-electron chi connectivity index (χ4n) is 1.74. The van der Waals surface area contributed by atoms with Crippen LogP contribution in [0.3, 0.4) is 0 Å². The molecule has 0 unspecified atom stereocenters. The fourth-order valence-corrected chi connectivity index (χ4v) is 1.93. The average molecular weight is 257 g/mol. The van der Waals surface area contributed by atoms with Crippen LogP contribution in [0, 0.1) is 0 Å². The first-order valence-electron chi connectivity index (χ1n) is 5.97. The highest BCUT2D eigenvalue weighted by Crippen LogP contribution is 2.23. The van der Waals surface area contributed by atoms with Crippen LogP contribution in [0.2, 0.25) is 5.02 Å². The maximum Gasteiger partial charge on any atom is 0.157 e. The zero-order valence-corrected chi connectivity index (χ0v) is 10.5. The normalized spacial score (nSPS) is 20.2. The summed E-state index contributed by atoms with van der Waals surface area (Å²) in [5.41, 5.74) is 0. The Morgan fingerprint density at radius 1 is 1.24 bits per heavy atom. The third kappa shape index (κ3) is 4.19. The van der Waals surface area contributed by atoms with E-state index in [2.05, 4.69) is 0 Å². The Morgan fingerprint density at radius 3 is 2.88 bits per heavy atom. The highest BCUT2D eigenvalue weighted by atomic mass is 35.5. The van der Waals surface area contributed by atoms with Gasteiger partial charge < -0.3 is 14.2 Å². The number of hydrogen-bond donors (Lipinski definition) is 0. The van der Waals surface area contributed by atoms with Gasteiger partial charge in [-0.15, -0.1) is 0 Å². The number of hydrogen-bond acceptors (Lipinski definition) is 3. The molecule has 0 aliphatic carbocycles. The van der Waals surface area contributed by atoms with Crippen LogP contribution in [0.4, 0.5) is 0 Å². The second-order valence-electron chi connectivity index (χ2n) is 3.95. The van der Waals surface area contributed by atoms with E-state index in [1.807, 2.05) is 24.3 Å². The monoisotopic (exact) mass is 256 g/mol. The topological polar surface area (TPSA) is 27.7 Å². The molecule has 0 saturated carbocycles. The first kappa shape index (κ1) is 12.7. The zero-order chi connectivity index (χ0) is 11.9. The van der Waals surface area contributed by atoms with Crippen molar-refractivity contribution in [2.45, 2.75) is 25.6 Å². The van der Waals surface area contributed by atoms with Crippen LogP contribution >= 0.6 is 11.6 Å². The highest BCUT2D eigenvalue weighted by Gasteiger charge is 2.13. The molecule has 0 amide bonds. The van der Waals surface area contributed by atoms with E-state index >= 15 is 0 Å². The van der Waals surface area contributed by atoms with E-state index in [-0.39, 0.29) is 6.29 Å². The van der Waals surface area contributed by atoms with Gasteiger partial charge in [-0.05, 0) is 31.4 Å². The van der Waals surface area contributed by atoms with Crippen LogP contribution < -0.4 is 4.74 Å². The van der Waals surface area contributed by atoms with Crippen molar-refractivity contribution >= 4 is 11.6 Å². The molecule has 2 rings (SSSR count). The van der Waals surface area contributed by atoms with E-state index in [4.69, 9.17) is 25.8 Å². The van der Waals surface area contributed by atoms with E-state index in [0.29, 0.717) is 24.0 Å². The van der Waals surface area contributed by atoms with Gasteiger partial charge in [0.25, 0.3) is 0 Å². The van der Waals surface area contributed by atoms with Gasteiger partial charge in [0.1, 0.15) is 12.4 Å². The smallest absolute Gasteiger partial charge is 0.157 e. The van der Waals surface area contributed by atoms with Crippen LogP contribution in [0.5, 0.6) is 5.75 Å². The molecule has 0 radical (unpaired) electrons. The fraction of sp³-hybridized carbons (Fsp3) is 0.538. The molecular formula is C13H17ClO3. The Hall–Kier alpha value is -0.770. The van der Waals surface area contributed by atoms with Gasteiger partial charge in [-0.1, -0.05) is 23.7 Å². The number of ether oxygens (including phenoxy) is 3. The number of halogens is 1. The number of para-hydroxylation sites is 1. The predicted molar refractivity (Wildman–Crippen MR) is 66.5 cm³/mol. The van der Waals surface area contributed by atoms with Crippen LogP contribution in [0.25, 0.3) is 0 Å². The van der Waals surface area contributed by atoms with Crippen LogP contribution in [-0.4, -0.2) is 26.1 Å². The lowest BCUT2D eigenvalue weighted by Gasteiger charge is -2.22. The molecule has 1 fully saturated rings. The minimum absolute atomic E-state index is 0.0569. The molecule has 0 N–H and O–H groups in total. The third-order valence-electron chi connectivity index (χ3n) is 2.62. The second kappa shape index (κ2) is 6.84. The summed E-state index contributed by atoms with van der Waals surface area (Å²) in [5, 5.41) is 0.626. The summed E-state index contributed by atoms with van der Waals surface area (Å²) in [7, 11) is 0. The summed E-state index contributed by atoms with van der Waals surface area (Å²) in [4.78, 5) is 0. The molecule has 1 aromatic carbocycles. The molecule has 0 bridgehead atoms. The number of benzene rings is 1. The molecule has 1 aromatic rings. The lowest BCUT2D eigenvalue weighted by molar-refractivity contribution is -0.165. The van der Waals surface area contributed by atoms with Crippen molar-refractivity contribution in [3.63, 3.8) is 0 Å². The van der Waals surface area contributed by atoms with Crippen LogP contribution in [0.15, 0.2) is 24.3 Å². The molecule has 1 heterocycles. The molecule has 0 spiro atoms. The highest BCUT2D eigenvalue weighted by molar-refractivity contribution is 6.32. The lowest BCUT2D eigenvalue weighted by Crippen LogP contribution is -2.24. The van der Waals surface area contributed by atoms with E-state index < -0.39 is 0 Å². The zero-order valence-electron chi connectivity index (χ0n) is 9.73. The van der Waals surface area contributed by atoms with Crippen LogP contribution in [0.1, 0.15) is 19.3 Å². The van der Waals surface area contributed by atoms with Gasteiger partial charge in [0.15, 0.2) is 6.29 Å². The van der Waals surface area contributed by atoms with Crippen molar-refractivity contribution in [3.05, 3.63) is 29.3 Å². The van der Waals surface area contributed by atoms with Crippen molar-refractivity contribution in [1.82, 2.24) is 0 Å². The Labute approximate surface area is 107 Å². The average Bonchev–Trinajstić information content (AvgIpc) is 2.38. The van der Waals surface area contributed by atoms with Crippen molar-refractivity contribution in [2.75, 3.05) is 19.8 Å². The summed E-state index contributed by atoms with van der Waals surface area (Å²) in [6, 6.07) is 7.43.